The van der Waals surface area contributed by atoms with Crippen molar-refractivity contribution in [2.45, 2.75) is 26.6 Å². The Hall–Kier alpha value is -1.53. The van der Waals surface area contributed by atoms with Gasteiger partial charge in [0.05, 0.1) is 6.61 Å². The minimum absolute atomic E-state index is 0.0169. The maximum Gasteiger partial charge on any atom is 0.435 e. The van der Waals surface area contributed by atoms with Crippen molar-refractivity contribution in [3.63, 3.8) is 0 Å². The van der Waals surface area contributed by atoms with Gasteiger partial charge in [-0.1, -0.05) is 0 Å². The summed E-state index contributed by atoms with van der Waals surface area (Å²) in [6.45, 7) is 2.78. The van der Waals surface area contributed by atoms with E-state index in [1.165, 1.54) is 13.1 Å². The third kappa shape index (κ3) is 2.98. The molecule has 0 saturated heterocycles. The van der Waals surface area contributed by atoms with Crippen LogP contribution in [-0.2, 0) is 22.3 Å². The van der Waals surface area contributed by atoms with Crippen molar-refractivity contribution in [3.8, 4) is 0 Å². The molecular weight excluding hydrogens is 225 g/mol. The summed E-state index contributed by atoms with van der Waals surface area (Å²) in [5.74, 6) is -0.612. The smallest absolute Gasteiger partial charge is 0.435 e. The number of carbonyl (C=O) groups is 1. The number of hydrogen-bond acceptors (Lipinski definition) is 3. The molecule has 1 aromatic rings. The molecule has 0 aromatic carbocycles. The number of aromatic nitrogens is 2. The average molecular weight is 236 g/mol. The largest absolute Gasteiger partial charge is 0.465 e. The monoisotopic (exact) mass is 236 g/mol. The highest BCUT2D eigenvalue weighted by molar-refractivity contribution is 5.69. The average Bonchev–Trinajstić information content (AvgIpc) is 2.46. The number of halogens is 3. The number of esters is 1. The molecule has 1 aromatic heterocycles. The molecule has 0 atom stereocenters. The molecule has 0 amide bonds. The summed E-state index contributed by atoms with van der Waals surface area (Å²) < 4.78 is 42.6. The molecule has 0 fully saturated rings. The number of nitrogens with zero attached hydrogens (tertiary/aromatic N) is 2. The predicted molar refractivity (Wildman–Crippen MR) is 48.6 cm³/mol. The Kier molecular flexibility index (Phi) is 3.56. The Morgan fingerprint density at radius 2 is 2.19 bits per heavy atom. The zero-order chi connectivity index (χ0) is 12.3. The van der Waals surface area contributed by atoms with Crippen LogP contribution in [0.25, 0.3) is 0 Å². The van der Waals surface area contributed by atoms with Crippen molar-refractivity contribution in [1.29, 1.82) is 0 Å². The molecule has 0 spiro atoms. The number of alkyl halides is 3. The fourth-order valence-corrected chi connectivity index (χ4v) is 1.22. The van der Waals surface area contributed by atoms with Gasteiger partial charge in [0.15, 0.2) is 5.69 Å². The number of carbonyl (C=O) groups excluding carboxylic acids is 1. The van der Waals surface area contributed by atoms with Gasteiger partial charge in [0.2, 0.25) is 0 Å². The first-order valence-electron chi connectivity index (χ1n) is 4.61. The van der Waals surface area contributed by atoms with Crippen molar-refractivity contribution in [2.24, 2.45) is 0 Å². The summed E-state index contributed by atoms with van der Waals surface area (Å²) >= 11 is 0. The molecule has 0 saturated carbocycles. The van der Waals surface area contributed by atoms with Gasteiger partial charge in [0, 0.05) is 6.20 Å². The quantitative estimate of drug-likeness (QED) is 0.751. The minimum Gasteiger partial charge on any atom is -0.465 e. The lowest BCUT2D eigenvalue weighted by atomic mass is 10.3. The Bertz CT molecular complexity index is 385. The van der Waals surface area contributed by atoms with Gasteiger partial charge in [-0.2, -0.15) is 18.3 Å². The van der Waals surface area contributed by atoms with E-state index in [9.17, 15) is 18.0 Å². The number of ether oxygens (including phenoxy) is 1. The lowest BCUT2D eigenvalue weighted by Gasteiger charge is -2.03. The van der Waals surface area contributed by atoms with E-state index in [0.717, 1.165) is 4.68 Å². The molecule has 7 heteroatoms. The molecule has 0 unspecified atom stereocenters. The van der Waals surface area contributed by atoms with Gasteiger partial charge in [-0.25, -0.2) is 0 Å². The van der Waals surface area contributed by atoms with Gasteiger partial charge < -0.3 is 4.74 Å². The summed E-state index contributed by atoms with van der Waals surface area (Å²) in [4.78, 5) is 11.0. The van der Waals surface area contributed by atoms with E-state index in [1.807, 2.05) is 0 Å². The molecule has 0 bridgehead atoms. The van der Waals surface area contributed by atoms with Crippen molar-refractivity contribution in [1.82, 2.24) is 9.78 Å². The first-order valence-corrected chi connectivity index (χ1v) is 4.61. The summed E-state index contributed by atoms with van der Waals surface area (Å²) in [6.07, 6.45) is -3.33. The van der Waals surface area contributed by atoms with Gasteiger partial charge in [-0.15, -0.1) is 0 Å². The Morgan fingerprint density at radius 3 is 2.62 bits per heavy atom. The number of aryl methyl sites for hydroxylation is 1. The third-order valence-electron chi connectivity index (χ3n) is 1.81. The van der Waals surface area contributed by atoms with E-state index in [1.54, 1.807) is 6.92 Å². The zero-order valence-corrected chi connectivity index (χ0v) is 8.84. The van der Waals surface area contributed by atoms with Crippen molar-refractivity contribution in [2.75, 3.05) is 6.61 Å². The van der Waals surface area contributed by atoms with E-state index in [-0.39, 0.29) is 18.7 Å². The maximum atomic E-state index is 12.4. The summed E-state index contributed by atoms with van der Waals surface area (Å²) in [5, 5.41) is 3.29. The van der Waals surface area contributed by atoms with Gasteiger partial charge in [0.25, 0.3) is 0 Å². The third-order valence-corrected chi connectivity index (χ3v) is 1.81. The van der Waals surface area contributed by atoms with Crippen molar-refractivity contribution in [3.05, 3.63) is 17.5 Å². The van der Waals surface area contributed by atoms with Crippen molar-refractivity contribution < 1.29 is 22.7 Å². The lowest BCUT2D eigenvalue weighted by Crippen LogP contribution is -2.15. The number of rotatable bonds is 3. The Morgan fingerprint density at radius 1 is 1.56 bits per heavy atom. The second-order valence-electron chi connectivity index (χ2n) is 3.16. The van der Waals surface area contributed by atoms with E-state index in [2.05, 4.69) is 9.84 Å². The maximum absolute atomic E-state index is 12.4. The molecule has 0 aliphatic rings. The van der Waals surface area contributed by atoms with Crippen LogP contribution in [0.15, 0.2) is 6.20 Å². The molecule has 0 radical (unpaired) electrons. The molecule has 0 aliphatic carbocycles. The van der Waals surface area contributed by atoms with E-state index < -0.39 is 17.8 Å². The number of hydrogen-bond donors (Lipinski definition) is 0. The molecule has 0 aliphatic heterocycles. The van der Waals surface area contributed by atoms with Gasteiger partial charge >= 0.3 is 12.1 Å². The highest BCUT2D eigenvalue weighted by Gasteiger charge is 2.36. The standard InChI is InChI=1S/C9H11F3N2O2/c1-3-16-7(15)5-14-4-6(2)8(13-14)9(10,11)12/h4H,3,5H2,1-2H3. The Balaban J connectivity index is 2.81. The van der Waals surface area contributed by atoms with E-state index in [4.69, 9.17) is 0 Å². The van der Waals surface area contributed by atoms with Crippen LogP contribution in [-0.4, -0.2) is 22.4 Å². The first kappa shape index (κ1) is 12.5. The fraction of sp³-hybridized carbons (Fsp3) is 0.556. The van der Waals surface area contributed by atoms with Crippen LogP contribution in [0.5, 0.6) is 0 Å². The van der Waals surface area contributed by atoms with Gasteiger partial charge in [0.1, 0.15) is 6.54 Å². The van der Waals surface area contributed by atoms with Crippen LogP contribution >= 0.6 is 0 Å². The Labute approximate surface area is 90.0 Å². The second kappa shape index (κ2) is 4.54. The van der Waals surface area contributed by atoms with Crippen molar-refractivity contribution >= 4 is 5.97 Å². The predicted octanol–water partition coefficient (Wildman–Crippen LogP) is 1.77. The molecule has 0 N–H and O–H groups in total. The van der Waals surface area contributed by atoms with E-state index in [0.29, 0.717) is 0 Å². The topological polar surface area (TPSA) is 44.1 Å². The van der Waals surface area contributed by atoms with Crippen LogP contribution in [0.4, 0.5) is 13.2 Å². The summed E-state index contributed by atoms with van der Waals surface area (Å²) in [7, 11) is 0. The molecule has 90 valence electrons. The second-order valence-corrected chi connectivity index (χ2v) is 3.16. The van der Waals surface area contributed by atoms with Crippen LogP contribution < -0.4 is 0 Å². The van der Waals surface area contributed by atoms with Gasteiger partial charge in [-0.05, 0) is 19.4 Å². The summed E-state index contributed by atoms with van der Waals surface area (Å²) in [5.41, 5.74) is -0.992. The molecule has 1 heterocycles. The SMILES string of the molecule is CCOC(=O)Cn1cc(C)c(C(F)(F)F)n1. The van der Waals surface area contributed by atoms with Crippen LogP contribution in [0.3, 0.4) is 0 Å². The normalized spacial score (nSPS) is 11.6. The molecule has 16 heavy (non-hydrogen) atoms. The minimum atomic E-state index is -4.50. The molecule has 4 nitrogen and oxygen atoms in total. The summed E-state index contributed by atoms with van der Waals surface area (Å²) in [6, 6.07) is 0. The lowest BCUT2D eigenvalue weighted by molar-refractivity contribution is -0.146. The molecule has 1 rings (SSSR count). The fourth-order valence-electron chi connectivity index (χ4n) is 1.22. The van der Waals surface area contributed by atoms with Crippen LogP contribution in [0.1, 0.15) is 18.2 Å². The van der Waals surface area contributed by atoms with Crippen LogP contribution in [0.2, 0.25) is 0 Å². The first-order chi connectivity index (χ1) is 7.34. The highest BCUT2D eigenvalue weighted by atomic mass is 19.4. The molecular formula is C9H11F3N2O2. The zero-order valence-electron chi connectivity index (χ0n) is 8.84. The van der Waals surface area contributed by atoms with Crippen LogP contribution in [0, 0.1) is 6.92 Å². The van der Waals surface area contributed by atoms with Gasteiger partial charge in [-0.3, -0.25) is 9.48 Å². The highest BCUT2D eigenvalue weighted by Crippen LogP contribution is 2.30. The van der Waals surface area contributed by atoms with E-state index >= 15 is 0 Å².